The van der Waals surface area contributed by atoms with Crippen LogP contribution >= 0.6 is 11.3 Å². The normalized spacial score (nSPS) is 20.2. The maximum Gasteiger partial charge on any atom is 0.254 e. The first-order valence-electron chi connectivity index (χ1n) is 28.7. The minimum atomic E-state index is -0.129. The summed E-state index contributed by atoms with van der Waals surface area (Å²) in [6, 6.07) is 40.9. The van der Waals surface area contributed by atoms with Crippen molar-refractivity contribution in [1.82, 2.24) is 0 Å². The predicted octanol–water partition coefficient (Wildman–Crippen LogP) is 16.3. The first kappa shape index (κ1) is 50.9. The quantitative estimate of drug-likeness (QED) is 0.163. The highest BCUT2D eigenvalue weighted by Crippen LogP contribution is 2.57. The third-order valence-electron chi connectivity index (χ3n) is 20.1. The van der Waals surface area contributed by atoms with Crippen LogP contribution in [0, 0.1) is 0 Å². The molecule has 0 saturated carbocycles. The number of fused-ring (bicyclic) bond motifs is 9. The molecule has 5 heteroatoms. The minimum absolute atomic E-state index is 0.00176. The summed E-state index contributed by atoms with van der Waals surface area (Å²) >= 11 is 2.02. The summed E-state index contributed by atoms with van der Waals surface area (Å²) in [5, 5.41) is 4.21. The number of benzene rings is 6. The summed E-state index contributed by atoms with van der Waals surface area (Å²) in [7, 11) is 1.03. The molecule has 0 saturated heterocycles. The molecule has 2 aliphatic heterocycles. The Morgan fingerprint density at radius 1 is 0.440 bits per heavy atom. The molecule has 5 aliphatic rings. The van der Waals surface area contributed by atoms with Gasteiger partial charge in [0, 0.05) is 43.3 Å². The smallest absolute Gasteiger partial charge is 0.254 e. The molecule has 0 fully saturated rings. The highest BCUT2D eigenvalue weighted by molar-refractivity contribution is 7.26. The lowest BCUT2D eigenvalue weighted by Crippen LogP contribution is -2.61. The van der Waals surface area contributed by atoms with E-state index in [1.165, 1.54) is 159 Å². The van der Waals surface area contributed by atoms with E-state index in [1.807, 2.05) is 11.3 Å². The Bertz CT molecular complexity index is 3550. The zero-order chi connectivity index (χ0) is 53.7. The van der Waals surface area contributed by atoms with E-state index in [-0.39, 0.29) is 50.0 Å². The Hall–Kier alpha value is -4.84. The molecule has 1 aromatic heterocycles. The second kappa shape index (κ2) is 16.1. The molecule has 12 rings (SSSR count). The van der Waals surface area contributed by atoms with E-state index in [4.69, 9.17) is 0 Å². The van der Waals surface area contributed by atoms with Crippen molar-refractivity contribution >= 4 is 93.4 Å². The number of rotatable bonds is 3. The summed E-state index contributed by atoms with van der Waals surface area (Å²) in [6.45, 7) is 44.5. The van der Waals surface area contributed by atoms with E-state index in [9.17, 15) is 0 Å². The molecule has 0 bridgehead atoms. The molecule has 0 unspecified atom stereocenters. The van der Waals surface area contributed by atoms with Crippen LogP contribution in [-0.4, -0.2) is 17.0 Å². The standard InChI is InChI=1S/C70H85BN2SSi/c1-63(2,3)42-21-26-59-47(33-42)60-62(74-59)72(44-22-25-48-49(36-44)66(9,10)28-27-65(48,7)8)57-34-43(64(4,5)6)35-58-61(57)71(60)54-38-51-53(70(17,18)32-30-68(51,13)14)40-56(54)73(58)55-39-52-50(67(11,12)29-31-69(52,15)16)37-46(55)41-19-23-45(75)24-20-41/h19-26,33-40H,27-32H2,1-18,75H3. The molecule has 7 aromatic rings. The van der Waals surface area contributed by atoms with Crippen LogP contribution in [0.15, 0.2) is 97.1 Å². The Morgan fingerprint density at radius 2 is 0.920 bits per heavy atom. The van der Waals surface area contributed by atoms with Gasteiger partial charge in [0.15, 0.2) is 0 Å². The van der Waals surface area contributed by atoms with Gasteiger partial charge in [0.05, 0.1) is 10.7 Å². The molecule has 2 nitrogen and oxygen atoms in total. The largest absolute Gasteiger partial charge is 0.311 e. The van der Waals surface area contributed by atoms with Gasteiger partial charge in [-0.05, 0) is 202 Å². The van der Waals surface area contributed by atoms with Gasteiger partial charge in [0.25, 0.3) is 6.71 Å². The number of anilines is 6. The molecule has 3 aliphatic carbocycles. The van der Waals surface area contributed by atoms with E-state index in [2.05, 4.69) is 231 Å². The molecule has 6 aromatic carbocycles. The average Bonchev–Trinajstić information content (AvgIpc) is 3.78. The van der Waals surface area contributed by atoms with Crippen LogP contribution in [-0.2, 0) is 43.3 Å². The SMILES string of the molecule is CC(C)(C)c1cc2c3c(c1)N(c1ccc4c(c1)C(C)(C)CCC4(C)C)c1sc4ccc(C(C)(C)C)cc4c1B3c1cc3c(cc1N2c1cc2c(cc1-c1ccc([SiH3])cc1)C(C)(C)CCC2(C)C)C(C)(C)CCC3(C)C. The maximum absolute atomic E-state index is 2.83. The van der Waals surface area contributed by atoms with Gasteiger partial charge in [-0.2, -0.15) is 0 Å². The van der Waals surface area contributed by atoms with Gasteiger partial charge < -0.3 is 9.80 Å². The maximum atomic E-state index is 2.83. The number of hydrogen-bond acceptors (Lipinski definition) is 3. The summed E-state index contributed by atoms with van der Waals surface area (Å²) in [6.07, 6.45) is 7.07. The van der Waals surface area contributed by atoms with Crippen molar-refractivity contribution in [2.75, 3.05) is 9.80 Å². The van der Waals surface area contributed by atoms with Crippen molar-refractivity contribution < 1.29 is 0 Å². The fourth-order valence-electron chi connectivity index (χ4n) is 14.5. The highest BCUT2D eigenvalue weighted by atomic mass is 32.1. The molecule has 0 amide bonds. The van der Waals surface area contributed by atoms with Gasteiger partial charge in [-0.15, -0.1) is 11.3 Å². The van der Waals surface area contributed by atoms with Crippen molar-refractivity contribution in [3.63, 3.8) is 0 Å². The van der Waals surface area contributed by atoms with Crippen molar-refractivity contribution in [2.45, 2.75) is 206 Å². The second-order valence-corrected chi connectivity index (χ2v) is 32.5. The number of thiophene rings is 1. The number of hydrogen-bond donors (Lipinski definition) is 0. The Morgan fingerprint density at radius 3 is 1.47 bits per heavy atom. The Labute approximate surface area is 459 Å². The first-order chi connectivity index (χ1) is 34.8. The summed E-state index contributed by atoms with van der Waals surface area (Å²) in [5.41, 5.74) is 25.6. The number of nitrogens with zero attached hydrogens (tertiary/aromatic N) is 2. The van der Waals surface area contributed by atoms with Crippen LogP contribution in [0.3, 0.4) is 0 Å². The monoisotopic (exact) mass is 1020 g/mol. The zero-order valence-electron chi connectivity index (χ0n) is 49.4. The van der Waals surface area contributed by atoms with Crippen LogP contribution in [0.4, 0.5) is 33.4 Å². The van der Waals surface area contributed by atoms with Gasteiger partial charge >= 0.3 is 0 Å². The van der Waals surface area contributed by atoms with Crippen molar-refractivity contribution in [3.8, 4) is 11.1 Å². The molecule has 0 spiro atoms. The second-order valence-electron chi connectivity index (χ2n) is 30.3. The van der Waals surface area contributed by atoms with Crippen LogP contribution < -0.4 is 31.4 Å². The molecule has 0 radical (unpaired) electrons. The highest BCUT2D eigenvalue weighted by Gasteiger charge is 2.50. The third-order valence-corrected chi connectivity index (χ3v) is 21.9. The summed E-state index contributed by atoms with van der Waals surface area (Å²) < 4.78 is 1.37. The molecule has 0 atom stereocenters. The molecule has 388 valence electrons. The minimum Gasteiger partial charge on any atom is -0.311 e. The van der Waals surface area contributed by atoms with Gasteiger partial charge in [0.2, 0.25) is 0 Å². The van der Waals surface area contributed by atoms with Crippen molar-refractivity contribution in [2.24, 2.45) is 0 Å². The van der Waals surface area contributed by atoms with E-state index in [1.54, 1.807) is 0 Å². The molecule has 3 heterocycles. The fraction of sp³-hybridized carbons (Fsp3) is 0.457. The van der Waals surface area contributed by atoms with Crippen LogP contribution in [0.1, 0.15) is 208 Å². The van der Waals surface area contributed by atoms with Gasteiger partial charge in [0.1, 0.15) is 0 Å². The lowest BCUT2D eigenvalue weighted by Gasteiger charge is -2.48. The van der Waals surface area contributed by atoms with Crippen LogP contribution in [0.5, 0.6) is 0 Å². The lowest BCUT2D eigenvalue weighted by atomic mass is 9.33. The topological polar surface area (TPSA) is 6.48 Å². The summed E-state index contributed by atoms with van der Waals surface area (Å²) in [4.78, 5) is 5.59. The first-order valence-corrected chi connectivity index (χ1v) is 30.6. The molecule has 75 heavy (non-hydrogen) atoms. The Balaban J connectivity index is 1.28. The Kier molecular flexibility index (Phi) is 11.0. The van der Waals surface area contributed by atoms with Gasteiger partial charge in [-0.3, -0.25) is 0 Å². The van der Waals surface area contributed by atoms with Crippen LogP contribution in [0.25, 0.3) is 21.2 Å². The third kappa shape index (κ3) is 7.79. The molecular formula is C70H85BN2SSi. The summed E-state index contributed by atoms with van der Waals surface area (Å²) in [5.74, 6) is 0. The fourth-order valence-corrected chi connectivity index (χ4v) is 16.0. The zero-order valence-corrected chi connectivity index (χ0v) is 52.2. The van der Waals surface area contributed by atoms with Gasteiger partial charge in [-0.25, -0.2) is 0 Å². The van der Waals surface area contributed by atoms with E-state index >= 15 is 0 Å². The van der Waals surface area contributed by atoms with E-state index in [0.717, 1.165) is 10.2 Å². The average molecular weight is 1030 g/mol. The van der Waals surface area contributed by atoms with Crippen LogP contribution in [0.2, 0.25) is 0 Å². The van der Waals surface area contributed by atoms with Crippen molar-refractivity contribution in [1.29, 1.82) is 0 Å². The van der Waals surface area contributed by atoms with Gasteiger partial charge in [-0.1, -0.05) is 178 Å². The molecular weight excluding hydrogens is 940 g/mol. The molecule has 0 N–H and O–H groups in total. The van der Waals surface area contributed by atoms with E-state index < -0.39 is 0 Å². The lowest BCUT2D eigenvalue weighted by molar-refractivity contribution is 0.332. The predicted molar refractivity (Wildman–Crippen MR) is 334 cm³/mol. The van der Waals surface area contributed by atoms with Crippen molar-refractivity contribution in [3.05, 3.63) is 142 Å². The van der Waals surface area contributed by atoms with E-state index in [0.29, 0.717) is 0 Å².